The summed E-state index contributed by atoms with van der Waals surface area (Å²) in [5.41, 5.74) is 1.65. The second-order valence-electron chi connectivity index (χ2n) is 7.55. The van der Waals surface area contributed by atoms with Gasteiger partial charge in [0.25, 0.3) is 0 Å². The Hall–Kier alpha value is -3.22. The number of hydrogen-bond acceptors (Lipinski definition) is 4. The van der Waals surface area contributed by atoms with Crippen molar-refractivity contribution in [2.45, 2.75) is 25.8 Å². The highest BCUT2D eigenvalue weighted by Crippen LogP contribution is 2.22. The Morgan fingerprint density at radius 3 is 2.48 bits per heavy atom. The van der Waals surface area contributed by atoms with Gasteiger partial charge >= 0.3 is 5.69 Å². The first-order valence-electron chi connectivity index (χ1n) is 9.99. The molecule has 1 amide bonds. The van der Waals surface area contributed by atoms with Gasteiger partial charge in [0.1, 0.15) is 12.2 Å². The van der Waals surface area contributed by atoms with Gasteiger partial charge in [-0.1, -0.05) is 36.4 Å². The monoisotopic (exact) mass is 391 g/mol. The Bertz CT molecular complexity index is 1020. The lowest BCUT2D eigenvalue weighted by atomic mass is 9.90. The minimum Gasteiger partial charge on any atom is -0.341 e. The third kappa shape index (κ3) is 4.29. The van der Waals surface area contributed by atoms with Crippen LogP contribution in [0.2, 0.25) is 0 Å². The molecule has 7 nitrogen and oxygen atoms in total. The summed E-state index contributed by atoms with van der Waals surface area (Å²) >= 11 is 0. The van der Waals surface area contributed by atoms with Crippen LogP contribution in [0.4, 0.5) is 0 Å². The lowest BCUT2D eigenvalue weighted by Crippen LogP contribution is -2.42. The molecule has 0 saturated carbocycles. The number of amides is 1. The van der Waals surface area contributed by atoms with Crippen LogP contribution in [-0.2, 0) is 24.8 Å². The molecule has 1 saturated heterocycles. The van der Waals surface area contributed by atoms with E-state index in [1.165, 1.54) is 14.8 Å². The number of carbonyl (C=O) groups is 1. The Balaban J connectivity index is 1.37. The first-order valence-corrected chi connectivity index (χ1v) is 9.99. The molecule has 150 valence electrons. The molecule has 2 aromatic heterocycles. The Labute approximate surface area is 169 Å². The molecule has 1 aromatic carbocycles. The summed E-state index contributed by atoms with van der Waals surface area (Å²) in [6, 6.07) is 15.9. The molecule has 1 fully saturated rings. The van der Waals surface area contributed by atoms with E-state index < -0.39 is 0 Å². The predicted molar refractivity (Wildman–Crippen MR) is 110 cm³/mol. The van der Waals surface area contributed by atoms with Crippen molar-refractivity contribution in [3.05, 3.63) is 70.8 Å². The molecule has 1 aliphatic rings. The third-order valence-corrected chi connectivity index (χ3v) is 5.55. The van der Waals surface area contributed by atoms with Crippen LogP contribution >= 0.6 is 0 Å². The molecule has 29 heavy (non-hydrogen) atoms. The highest BCUT2D eigenvalue weighted by Gasteiger charge is 2.24. The summed E-state index contributed by atoms with van der Waals surface area (Å²) < 4.78 is 2.67. The molecule has 0 aliphatic carbocycles. The highest BCUT2D eigenvalue weighted by molar-refractivity contribution is 5.76. The Morgan fingerprint density at radius 1 is 1.07 bits per heavy atom. The molecule has 0 radical (unpaired) electrons. The Morgan fingerprint density at radius 2 is 1.79 bits per heavy atom. The van der Waals surface area contributed by atoms with Crippen LogP contribution in [0.25, 0.3) is 11.5 Å². The minimum atomic E-state index is -0.307. The number of pyridine rings is 1. The average molecular weight is 391 g/mol. The first kappa shape index (κ1) is 19.1. The molecule has 0 atom stereocenters. The molecule has 0 unspecified atom stereocenters. The smallest absolute Gasteiger partial charge is 0.341 e. The number of likely N-dealkylation sites (tertiary alicyclic amines) is 1. The van der Waals surface area contributed by atoms with Gasteiger partial charge in [-0.05, 0) is 42.9 Å². The number of aromatic nitrogens is 4. The summed E-state index contributed by atoms with van der Waals surface area (Å²) in [6.07, 6.45) is 4.67. The molecule has 3 heterocycles. The standard InChI is InChI=1S/C22H25N5O2/c1-25-21(19-9-5-6-12-23-19)24-27(22(25)29)16-20(28)26-13-10-18(11-14-26)15-17-7-3-2-4-8-17/h2-9,12,18H,10-11,13-16H2,1H3. The fraction of sp³-hybridized carbons (Fsp3) is 0.364. The van der Waals surface area contributed by atoms with Crippen molar-refractivity contribution in [2.75, 3.05) is 13.1 Å². The van der Waals surface area contributed by atoms with Gasteiger partial charge in [0.15, 0.2) is 5.82 Å². The summed E-state index contributed by atoms with van der Waals surface area (Å²) in [7, 11) is 1.65. The maximum atomic E-state index is 12.7. The predicted octanol–water partition coefficient (Wildman–Crippen LogP) is 2.13. The minimum absolute atomic E-state index is 0.0388. The zero-order chi connectivity index (χ0) is 20.2. The van der Waals surface area contributed by atoms with Gasteiger partial charge in [0, 0.05) is 26.3 Å². The average Bonchev–Trinajstić information content (AvgIpc) is 3.04. The highest BCUT2D eigenvalue weighted by atomic mass is 16.2. The second-order valence-corrected chi connectivity index (χ2v) is 7.55. The number of hydrogen-bond donors (Lipinski definition) is 0. The van der Waals surface area contributed by atoms with Crippen LogP contribution in [0.15, 0.2) is 59.5 Å². The maximum Gasteiger partial charge on any atom is 0.346 e. The first-order chi connectivity index (χ1) is 14.1. The Kier molecular flexibility index (Phi) is 5.55. The lowest BCUT2D eigenvalue weighted by molar-refractivity contribution is -0.133. The van der Waals surface area contributed by atoms with Gasteiger partial charge in [-0.2, -0.15) is 0 Å². The van der Waals surface area contributed by atoms with E-state index in [-0.39, 0.29) is 18.1 Å². The second kappa shape index (κ2) is 8.43. The van der Waals surface area contributed by atoms with Crippen molar-refractivity contribution in [1.82, 2.24) is 24.2 Å². The number of piperidine rings is 1. The molecule has 0 spiro atoms. The van der Waals surface area contributed by atoms with Gasteiger partial charge in [0.2, 0.25) is 5.91 Å². The van der Waals surface area contributed by atoms with Crippen molar-refractivity contribution in [3.63, 3.8) is 0 Å². The quantitative estimate of drug-likeness (QED) is 0.668. The largest absolute Gasteiger partial charge is 0.346 e. The molecule has 0 N–H and O–H groups in total. The van der Waals surface area contributed by atoms with Crippen LogP contribution < -0.4 is 5.69 Å². The van der Waals surface area contributed by atoms with E-state index in [0.29, 0.717) is 17.4 Å². The van der Waals surface area contributed by atoms with Crippen LogP contribution in [-0.4, -0.2) is 43.2 Å². The third-order valence-electron chi connectivity index (χ3n) is 5.55. The van der Waals surface area contributed by atoms with E-state index in [0.717, 1.165) is 32.4 Å². The molecular weight excluding hydrogens is 366 g/mol. The number of benzene rings is 1. The summed E-state index contributed by atoms with van der Waals surface area (Å²) in [5.74, 6) is 0.996. The van der Waals surface area contributed by atoms with Crippen molar-refractivity contribution >= 4 is 5.91 Å². The van der Waals surface area contributed by atoms with E-state index in [1.807, 2.05) is 23.1 Å². The molecule has 0 bridgehead atoms. The van der Waals surface area contributed by atoms with Gasteiger partial charge in [0.05, 0.1) is 0 Å². The van der Waals surface area contributed by atoms with Gasteiger partial charge in [-0.3, -0.25) is 14.3 Å². The SMILES string of the molecule is Cn1c(-c2ccccn2)nn(CC(=O)N2CCC(Cc3ccccc3)CC2)c1=O. The van der Waals surface area contributed by atoms with E-state index in [1.54, 1.807) is 19.3 Å². The fourth-order valence-corrected chi connectivity index (χ4v) is 3.87. The molecule has 7 heteroatoms. The lowest BCUT2D eigenvalue weighted by Gasteiger charge is -2.32. The summed E-state index contributed by atoms with van der Waals surface area (Å²) in [5, 5.41) is 4.34. The molecule has 1 aliphatic heterocycles. The number of nitrogens with zero attached hydrogens (tertiary/aromatic N) is 5. The van der Waals surface area contributed by atoms with Gasteiger partial charge < -0.3 is 4.90 Å². The van der Waals surface area contributed by atoms with Gasteiger partial charge in [-0.15, -0.1) is 5.10 Å². The van der Waals surface area contributed by atoms with E-state index >= 15 is 0 Å². The topological polar surface area (TPSA) is 73.0 Å². The summed E-state index contributed by atoms with van der Waals surface area (Å²) in [4.78, 5) is 31.3. The van der Waals surface area contributed by atoms with E-state index in [4.69, 9.17) is 0 Å². The molecular formula is C22H25N5O2. The number of carbonyl (C=O) groups excluding carboxylic acids is 1. The van der Waals surface area contributed by atoms with E-state index in [2.05, 4.69) is 34.3 Å². The van der Waals surface area contributed by atoms with Crippen LogP contribution in [0.1, 0.15) is 18.4 Å². The zero-order valence-electron chi connectivity index (χ0n) is 16.6. The van der Waals surface area contributed by atoms with Crippen molar-refractivity contribution < 1.29 is 4.79 Å². The van der Waals surface area contributed by atoms with E-state index in [9.17, 15) is 9.59 Å². The number of rotatable bonds is 5. The zero-order valence-corrected chi connectivity index (χ0v) is 16.6. The van der Waals surface area contributed by atoms with Gasteiger partial charge in [-0.25, -0.2) is 9.48 Å². The molecule has 3 aromatic rings. The van der Waals surface area contributed by atoms with Crippen LogP contribution in [0.3, 0.4) is 0 Å². The maximum absolute atomic E-state index is 12.7. The fourth-order valence-electron chi connectivity index (χ4n) is 3.87. The van der Waals surface area contributed by atoms with Crippen molar-refractivity contribution in [1.29, 1.82) is 0 Å². The van der Waals surface area contributed by atoms with Crippen molar-refractivity contribution in [3.8, 4) is 11.5 Å². The normalized spacial score (nSPS) is 14.9. The van der Waals surface area contributed by atoms with Crippen LogP contribution in [0, 0.1) is 5.92 Å². The summed E-state index contributed by atoms with van der Waals surface area (Å²) in [6.45, 7) is 1.42. The van der Waals surface area contributed by atoms with Crippen LogP contribution in [0.5, 0.6) is 0 Å². The molecule has 4 rings (SSSR count). The van der Waals surface area contributed by atoms with Crippen molar-refractivity contribution in [2.24, 2.45) is 13.0 Å².